The SMILES string of the molecule is CC(O)CC(C)NCc1ccc(F)c(-c2cccs2)c1. The summed E-state index contributed by atoms with van der Waals surface area (Å²) in [5.74, 6) is -0.187. The largest absolute Gasteiger partial charge is 0.393 e. The number of nitrogens with one attached hydrogen (secondary N) is 1. The predicted molar refractivity (Wildman–Crippen MR) is 82.3 cm³/mol. The van der Waals surface area contributed by atoms with Gasteiger partial charge in [0.05, 0.1) is 6.10 Å². The third-order valence-corrected chi connectivity index (χ3v) is 4.07. The molecule has 0 aliphatic heterocycles. The van der Waals surface area contributed by atoms with E-state index in [4.69, 9.17) is 0 Å². The van der Waals surface area contributed by atoms with E-state index in [1.807, 2.05) is 30.5 Å². The van der Waals surface area contributed by atoms with Gasteiger partial charge in [-0.05, 0) is 49.4 Å². The summed E-state index contributed by atoms with van der Waals surface area (Å²) in [4.78, 5) is 0.946. The van der Waals surface area contributed by atoms with Gasteiger partial charge in [0.15, 0.2) is 0 Å². The molecule has 20 heavy (non-hydrogen) atoms. The third-order valence-electron chi connectivity index (χ3n) is 3.17. The molecule has 2 N–H and O–H groups in total. The molecule has 108 valence electrons. The van der Waals surface area contributed by atoms with E-state index < -0.39 is 0 Å². The van der Waals surface area contributed by atoms with Crippen LogP contribution in [0.15, 0.2) is 35.7 Å². The van der Waals surface area contributed by atoms with Crippen molar-refractivity contribution < 1.29 is 9.50 Å². The topological polar surface area (TPSA) is 32.3 Å². The Bertz CT molecular complexity index is 539. The lowest BCUT2D eigenvalue weighted by molar-refractivity contribution is 0.170. The molecule has 0 radical (unpaired) electrons. The van der Waals surface area contributed by atoms with Gasteiger partial charge in [-0.15, -0.1) is 11.3 Å². The number of benzene rings is 1. The zero-order valence-electron chi connectivity index (χ0n) is 11.8. The minimum Gasteiger partial charge on any atom is -0.393 e. The molecule has 2 aromatic rings. The van der Waals surface area contributed by atoms with Crippen molar-refractivity contribution in [2.45, 2.75) is 39.0 Å². The number of hydrogen-bond donors (Lipinski definition) is 2. The summed E-state index contributed by atoms with van der Waals surface area (Å²) in [6.45, 7) is 4.49. The van der Waals surface area contributed by atoms with Gasteiger partial charge < -0.3 is 10.4 Å². The van der Waals surface area contributed by atoms with E-state index in [1.165, 1.54) is 17.4 Å². The number of halogens is 1. The van der Waals surface area contributed by atoms with Crippen molar-refractivity contribution >= 4 is 11.3 Å². The first-order valence-corrected chi connectivity index (χ1v) is 7.68. The van der Waals surface area contributed by atoms with E-state index in [0.717, 1.165) is 10.4 Å². The van der Waals surface area contributed by atoms with Gasteiger partial charge in [-0.25, -0.2) is 4.39 Å². The zero-order valence-corrected chi connectivity index (χ0v) is 12.6. The molecule has 4 heteroatoms. The van der Waals surface area contributed by atoms with Gasteiger partial charge in [0.1, 0.15) is 5.82 Å². The first-order chi connectivity index (χ1) is 9.56. The van der Waals surface area contributed by atoms with Crippen LogP contribution in [0.1, 0.15) is 25.8 Å². The average molecular weight is 293 g/mol. The average Bonchev–Trinajstić information content (AvgIpc) is 2.90. The second-order valence-corrected chi connectivity index (χ2v) is 6.11. The molecule has 0 aliphatic rings. The summed E-state index contributed by atoms with van der Waals surface area (Å²) in [5, 5.41) is 14.6. The lowest BCUT2D eigenvalue weighted by Gasteiger charge is -2.15. The summed E-state index contributed by atoms with van der Waals surface area (Å²) in [6, 6.07) is 9.29. The number of aliphatic hydroxyl groups excluding tert-OH is 1. The maximum absolute atomic E-state index is 13.9. The van der Waals surface area contributed by atoms with Gasteiger partial charge in [-0.2, -0.15) is 0 Å². The number of hydrogen-bond acceptors (Lipinski definition) is 3. The van der Waals surface area contributed by atoms with Crippen molar-refractivity contribution in [3.05, 3.63) is 47.1 Å². The van der Waals surface area contributed by atoms with Crippen molar-refractivity contribution in [2.24, 2.45) is 0 Å². The molecule has 2 nitrogen and oxygen atoms in total. The Morgan fingerprint density at radius 3 is 2.75 bits per heavy atom. The fraction of sp³-hybridized carbons (Fsp3) is 0.375. The van der Waals surface area contributed by atoms with Crippen LogP contribution >= 0.6 is 11.3 Å². The van der Waals surface area contributed by atoms with Crippen LogP contribution in [0.2, 0.25) is 0 Å². The highest BCUT2D eigenvalue weighted by atomic mass is 32.1. The molecule has 0 spiro atoms. The molecule has 0 amide bonds. The van der Waals surface area contributed by atoms with E-state index in [2.05, 4.69) is 5.32 Å². The van der Waals surface area contributed by atoms with Crippen LogP contribution < -0.4 is 5.32 Å². The Morgan fingerprint density at radius 2 is 2.10 bits per heavy atom. The Hall–Kier alpha value is -1.23. The Kier molecular flexibility index (Phi) is 5.29. The summed E-state index contributed by atoms with van der Waals surface area (Å²) >= 11 is 1.54. The zero-order chi connectivity index (χ0) is 14.5. The van der Waals surface area contributed by atoms with Gasteiger partial charge in [-0.3, -0.25) is 0 Å². The molecular weight excluding hydrogens is 273 g/mol. The third kappa shape index (κ3) is 4.13. The molecule has 0 fully saturated rings. The molecule has 1 aromatic carbocycles. The summed E-state index contributed by atoms with van der Waals surface area (Å²) < 4.78 is 13.9. The second kappa shape index (κ2) is 6.97. The molecule has 2 unspecified atom stereocenters. The molecule has 0 saturated carbocycles. The van der Waals surface area contributed by atoms with E-state index in [1.54, 1.807) is 13.0 Å². The van der Waals surface area contributed by atoms with Crippen molar-refractivity contribution in [1.29, 1.82) is 0 Å². The van der Waals surface area contributed by atoms with Crippen LogP contribution in [0, 0.1) is 5.82 Å². The normalized spacial score (nSPS) is 14.2. The lowest BCUT2D eigenvalue weighted by Crippen LogP contribution is -2.28. The van der Waals surface area contributed by atoms with E-state index in [0.29, 0.717) is 18.5 Å². The maximum atomic E-state index is 13.9. The molecule has 2 rings (SSSR count). The Labute approximate surface area is 123 Å². The molecule has 2 atom stereocenters. The number of thiophene rings is 1. The van der Waals surface area contributed by atoms with Crippen LogP contribution in [0.5, 0.6) is 0 Å². The monoisotopic (exact) mass is 293 g/mol. The highest BCUT2D eigenvalue weighted by Gasteiger charge is 2.09. The predicted octanol–water partition coefficient (Wildman–Crippen LogP) is 3.80. The first-order valence-electron chi connectivity index (χ1n) is 6.80. The first kappa shape index (κ1) is 15.2. The lowest BCUT2D eigenvalue weighted by atomic mass is 10.1. The van der Waals surface area contributed by atoms with E-state index in [9.17, 15) is 9.50 Å². The van der Waals surface area contributed by atoms with Crippen LogP contribution in [0.25, 0.3) is 10.4 Å². The maximum Gasteiger partial charge on any atom is 0.131 e. The fourth-order valence-electron chi connectivity index (χ4n) is 2.19. The molecule has 1 heterocycles. The van der Waals surface area contributed by atoms with Crippen molar-refractivity contribution in [3.8, 4) is 10.4 Å². The Morgan fingerprint density at radius 1 is 1.30 bits per heavy atom. The highest BCUT2D eigenvalue weighted by molar-refractivity contribution is 7.13. The van der Waals surface area contributed by atoms with Crippen LogP contribution in [-0.4, -0.2) is 17.3 Å². The molecule has 0 bridgehead atoms. The summed E-state index contributed by atoms with van der Waals surface area (Å²) in [7, 11) is 0. The number of aliphatic hydroxyl groups is 1. The molecule has 0 saturated heterocycles. The summed E-state index contributed by atoms with van der Waals surface area (Å²) in [5.41, 5.74) is 1.70. The molecule has 0 aliphatic carbocycles. The van der Waals surface area contributed by atoms with Crippen LogP contribution in [0.4, 0.5) is 4.39 Å². The molecule has 1 aromatic heterocycles. The van der Waals surface area contributed by atoms with Gasteiger partial charge in [0.25, 0.3) is 0 Å². The molecular formula is C16H20FNOS. The highest BCUT2D eigenvalue weighted by Crippen LogP contribution is 2.28. The van der Waals surface area contributed by atoms with E-state index >= 15 is 0 Å². The van der Waals surface area contributed by atoms with Gasteiger partial charge in [0, 0.05) is 23.0 Å². The number of rotatable bonds is 6. The minimum absolute atomic E-state index is 0.187. The van der Waals surface area contributed by atoms with Gasteiger partial charge in [-0.1, -0.05) is 12.1 Å². The standard InChI is InChI=1S/C16H20FNOS/c1-11(8-12(2)19)18-10-13-5-6-15(17)14(9-13)16-4-3-7-20-16/h3-7,9,11-12,18-19H,8,10H2,1-2H3. The van der Waals surface area contributed by atoms with Crippen LogP contribution in [0.3, 0.4) is 0 Å². The van der Waals surface area contributed by atoms with Crippen molar-refractivity contribution in [3.63, 3.8) is 0 Å². The second-order valence-electron chi connectivity index (χ2n) is 5.16. The summed E-state index contributed by atoms with van der Waals surface area (Å²) in [6.07, 6.45) is 0.395. The van der Waals surface area contributed by atoms with Crippen molar-refractivity contribution in [1.82, 2.24) is 5.32 Å². The minimum atomic E-state index is -0.313. The quantitative estimate of drug-likeness (QED) is 0.849. The smallest absolute Gasteiger partial charge is 0.131 e. The van der Waals surface area contributed by atoms with Gasteiger partial charge in [0.2, 0.25) is 0 Å². The fourth-order valence-corrected chi connectivity index (χ4v) is 2.93. The van der Waals surface area contributed by atoms with Gasteiger partial charge >= 0.3 is 0 Å². The Balaban J connectivity index is 2.05. The van der Waals surface area contributed by atoms with Crippen molar-refractivity contribution in [2.75, 3.05) is 0 Å². The van der Waals surface area contributed by atoms with E-state index in [-0.39, 0.29) is 18.0 Å². The van der Waals surface area contributed by atoms with Crippen LogP contribution in [-0.2, 0) is 6.54 Å².